The normalized spacial score (nSPS) is 23.8. The third-order valence-electron chi connectivity index (χ3n) is 14.6. The molecule has 2 fully saturated rings. The third kappa shape index (κ3) is 7.60. The van der Waals surface area contributed by atoms with Gasteiger partial charge in [-0.3, -0.25) is 19.2 Å². The van der Waals surface area contributed by atoms with E-state index in [2.05, 4.69) is 10.6 Å². The van der Waals surface area contributed by atoms with E-state index in [1.54, 1.807) is 12.2 Å². The molecule has 3 aliphatic carbocycles. The molecule has 12 nitrogen and oxygen atoms in total. The van der Waals surface area contributed by atoms with Crippen LogP contribution in [0.25, 0.3) is 6.08 Å². The Balaban J connectivity index is 1.00. The smallest absolute Gasteiger partial charge is 0.326 e. The minimum absolute atomic E-state index is 0.00604. The predicted molar refractivity (Wildman–Crippen MR) is 260 cm³/mol. The number of ether oxygens (including phenoxy) is 3. The number of phenolic OH excluding ortho intramolecular Hbond substituents is 1. The van der Waals surface area contributed by atoms with Gasteiger partial charge in [-0.25, -0.2) is 4.79 Å². The molecule has 1 unspecified atom stereocenters. The Hall–Kier alpha value is -7.05. The number of carbonyl (C=O) groups excluding carboxylic acids is 4. The number of carbonyl (C=O) groups is 5. The Bertz CT molecular complexity index is 2810. The number of carboxylic acid groups (broad SMARTS) is 1. The number of Topliss-reactive ketones (excluding diaryl/α,β-unsaturated/α-hetero) is 2. The van der Waals surface area contributed by atoms with E-state index in [1.807, 2.05) is 145 Å². The molecule has 5 atom stereocenters. The molecule has 4 aromatic rings. The lowest BCUT2D eigenvalue weighted by Gasteiger charge is -2.56. The second kappa shape index (κ2) is 17.2. The average Bonchev–Trinajstić information content (AvgIpc) is 3.48. The van der Waals surface area contributed by atoms with Gasteiger partial charge >= 0.3 is 5.97 Å². The fourth-order valence-corrected chi connectivity index (χ4v) is 11.3. The maximum absolute atomic E-state index is 15.1. The number of carboxylic acids is 1. The van der Waals surface area contributed by atoms with Crippen molar-refractivity contribution < 1.29 is 48.4 Å². The van der Waals surface area contributed by atoms with Gasteiger partial charge in [0.15, 0.2) is 22.8 Å². The fraction of sp³-hybridized carbons (Fsp3) is 0.351. The average molecular weight is 931 g/mol. The molecule has 12 heteroatoms. The van der Waals surface area contributed by atoms with E-state index in [4.69, 9.17) is 14.2 Å². The number of aliphatic carboxylic acids is 1. The summed E-state index contributed by atoms with van der Waals surface area (Å²) in [6, 6.07) is 27.2. The highest BCUT2D eigenvalue weighted by Gasteiger charge is 2.81. The van der Waals surface area contributed by atoms with Gasteiger partial charge in [-0.1, -0.05) is 115 Å². The molecule has 1 saturated heterocycles. The van der Waals surface area contributed by atoms with Gasteiger partial charge in [-0.15, -0.1) is 0 Å². The Labute approximate surface area is 402 Å². The standard InChI is InChI=1S/C57H58N2O10/c1-33(2)23-24-40-48-39(28-29-53(4,5)67-48)46(61)45-47(62)41-31-35-32-43-54(6,7)69-55(50(35)63,57(41,43)68-49(40)45)30-27-34(3)51(64)58-42(52(65)66)25-26-44(60)59-56(36-17-11-8-12-18-36,37-19-13-9-14-20-37)38-21-15-10-16-22-38/h8-23,27-29,31,35,42-43,61H,24-26,30,32H2,1-7H3,(H,58,64)(H,59,60)(H,65,66)/b34-27-/t35-,42-,43?,55+,57-/m0/s1. The van der Waals surface area contributed by atoms with Gasteiger partial charge in [0.25, 0.3) is 0 Å². The van der Waals surface area contributed by atoms with E-state index in [9.17, 15) is 29.4 Å². The van der Waals surface area contributed by atoms with Crippen molar-refractivity contribution in [2.45, 2.75) is 115 Å². The summed E-state index contributed by atoms with van der Waals surface area (Å²) >= 11 is 0. The molecule has 1 saturated carbocycles. The van der Waals surface area contributed by atoms with Gasteiger partial charge < -0.3 is 35.1 Å². The molecule has 4 N–H and O–H groups in total. The number of allylic oxidation sites excluding steroid dienone is 3. The molecule has 356 valence electrons. The molecule has 3 aliphatic heterocycles. The van der Waals surface area contributed by atoms with E-state index in [0.29, 0.717) is 29.7 Å². The zero-order valence-electron chi connectivity index (χ0n) is 40.0. The lowest BCUT2D eigenvalue weighted by Crippen LogP contribution is -2.72. The summed E-state index contributed by atoms with van der Waals surface area (Å²) in [5, 5.41) is 28.1. The van der Waals surface area contributed by atoms with E-state index in [0.717, 1.165) is 22.3 Å². The predicted octanol–water partition coefficient (Wildman–Crippen LogP) is 8.89. The molecule has 4 aromatic carbocycles. The van der Waals surface area contributed by atoms with E-state index >= 15 is 4.79 Å². The van der Waals surface area contributed by atoms with Crippen molar-refractivity contribution >= 4 is 35.4 Å². The number of rotatable bonds is 14. The van der Waals surface area contributed by atoms with Crippen molar-refractivity contribution in [3.05, 3.63) is 165 Å². The van der Waals surface area contributed by atoms with Crippen molar-refractivity contribution in [2.75, 3.05) is 0 Å². The zero-order chi connectivity index (χ0) is 49.3. The molecule has 6 aliphatic rings. The second-order valence-electron chi connectivity index (χ2n) is 20.2. The highest BCUT2D eigenvalue weighted by molar-refractivity contribution is 6.19. The summed E-state index contributed by atoms with van der Waals surface area (Å²) in [6.45, 7) is 12.9. The largest absolute Gasteiger partial charge is 0.506 e. The first-order valence-corrected chi connectivity index (χ1v) is 23.6. The van der Waals surface area contributed by atoms with Crippen molar-refractivity contribution in [3.63, 3.8) is 0 Å². The van der Waals surface area contributed by atoms with Crippen LogP contribution in [0.15, 0.2) is 132 Å². The van der Waals surface area contributed by atoms with Crippen LogP contribution >= 0.6 is 0 Å². The summed E-state index contributed by atoms with van der Waals surface area (Å²) in [4.78, 5) is 70.8. The summed E-state index contributed by atoms with van der Waals surface area (Å²) in [7, 11) is 0. The highest BCUT2D eigenvalue weighted by Crippen LogP contribution is 2.68. The Kier molecular flexibility index (Phi) is 11.7. The van der Waals surface area contributed by atoms with Crippen molar-refractivity contribution in [3.8, 4) is 17.2 Å². The first-order valence-electron chi connectivity index (χ1n) is 23.6. The summed E-state index contributed by atoms with van der Waals surface area (Å²) in [6.07, 6.45) is 8.77. The van der Waals surface area contributed by atoms with E-state index in [1.165, 1.54) is 13.0 Å². The Morgan fingerprint density at radius 1 is 0.841 bits per heavy atom. The minimum atomic E-state index is -1.78. The second-order valence-corrected chi connectivity index (χ2v) is 20.2. The molecule has 2 amide bonds. The molecule has 0 aromatic heterocycles. The lowest BCUT2D eigenvalue weighted by atomic mass is 9.51. The van der Waals surface area contributed by atoms with Crippen molar-refractivity contribution in [2.24, 2.45) is 11.8 Å². The van der Waals surface area contributed by atoms with Crippen LogP contribution in [0.5, 0.6) is 17.2 Å². The van der Waals surface area contributed by atoms with E-state index in [-0.39, 0.29) is 53.3 Å². The van der Waals surface area contributed by atoms with Crippen molar-refractivity contribution in [1.82, 2.24) is 10.6 Å². The van der Waals surface area contributed by atoms with E-state index < -0.39 is 69.4 Å². The number of phenols is 1. The number of benzene rings is 4. The molecule has 69 heavy (non-hydrogen) atoms. The third-order valence-corrected chi connectivity index (χ3v) is 14.6. The first-order chi connectivity index (χ1) is 32.8. The number of ketones is 2. The number of aromatic hydroxyl groups is 1. The molecular weight excluding hydrogens is 873 g/mol. The lowest BCUT2D eigenvalue weighted by molar-refractivity contribution is -0.171. The van der Waals surface area contributed by atoms with Gasteiger partial charge in [-0.05, 0) is 96.6 Å². The molecule has 1 spiro atoms. The number of hydrogen-bond acceptors (Lipinski definition) is 9. The van der Waals surface area contributed by atoms with Crippen LogP contribution in [0, 0.1) is 11.8 Å². The first kappa shape index (κ1) is 47.0. The quantitative estimate of drug-likeness (QED) is 0.0543. The van der Waals surface area contributed by atoms with Gasteiger partial charge in [0.2, 0.25) is 11.8 Å². The molecule has 4 bridgehead atoms. The van der Waals surface area contributed by atoms with Gasteiger partial charge in [0, 0.05) is 41.4 Å². The molecule has 0 radical (unpaired) electrons. The summed E-state index contributed by atoms with van der Waals surface area (Å²) < 4.78 is 20.6. The van der Waals surface area contributed by atoms with Crippen LogP contribution in [0.1, 0.15) is 112 Å². The Morgan fingerprint density at radius 3 is 2.00 bits per heavy atom. The van der Waals surface area contributed by atoms with Gasteiger partial charge in [0.05, 0.1) is 11.2 Å². The topological polar surface area (TPSA) is 178 Å². The monoisotopic (exact) mass is 930 g/mol. The van der Waals surface area contributed by atoms with Gasteiger partial charge in [0.1, 0.15) is 40.0 Å². The Morgan fingerprint density at radius 2 is 1.43 bits per heavy atom. The maximum Gasteiger partial charge on any atom is 0.326 e. The van der Waals surface area contributed by atoms with Crippen LogP contribution in [-0.4, -0.2) is 68.0 Å². The SMILES string of the molecule is CC(C)=CCc1c2c(c(O)c3c1O[C@@]14C(=C[C@H]5CC1C(C)(C)O[C@]4(C/C=C(/C)C(=O)N[C@@H](CCC(=O)NC(c1ccccc1)(c1ccccc1)c1ccccc1)C(=O)O)C5=O)C3=O)C=CC(C)(C)O2. The van der Waals surface area contributed by atoms with Crippen molar-refractivity contribution in [1.29, 1.82) is 0 Å². The summed E-state index contributed by atoms with van der Waals surface area (Å²) in [5.41, 5.74) is -1.63. The number of amides is 2. The van der Waals surface area contributed by atoms with Crippen LogP contribution < -0.4 is 20.1 Å². The summed E-state index contributed by atoms with van der Waals surface area (Å²) in [5.74, 6) is -4.22. The highest BCUT2D eigenvalue weighted by atomic mass is 16.6. The van der Waals surface area contributed by atoms with Crippen LogP contribution in [-0.2, 0) is 35.9 Å². The fourth-order valence-electron chi connectivity index (χ4n) is 11.3. The number of nitrogens with one attached hydrogen (secondary N) is 2. The zero-order valence-corrected chi connectivity index (χ0v) is 40.0. The minimum Gasteiger partial charge on any atom is -0.506 e. The maximum atomic E-state index is 15.1. The number of fused-ring (bicyclic) bond motifs is 2. The van der Waals surface area contributed by atoms with Gasteiger partial charge in [-0.2, -0.15) is 0 Å². The molecule has 10 rings (SSSR count). The van der Waals surface area contributed by atoms with Crippen LogP contribution in [0.3, 0.4) is 0 Å². The number of hydrogen-bond donors (Lipinski definition) is 4. The van der Waals surface area contributed by atoms with Crippen LogP contribution in [0.4, 0.5) is 0 Å². The molecular formula is C57H58N2O10. The molecule has 3 heterocycles. The van der Waals surface area contributed by atoms with Crippen LogP contribution in [0.2, 0.25) is 0 Å².